The van der Waals surface area contributed by atoms with Crippen LogP contribution in [0.1, 0.15) is 42.6 Å². The lowest BCUT2D eigenvalue weighted by atomic mass is 9.98. The SMILES string of the molecule is CN(C)[C@@H]1C[C@@H](CO)N(C(=O)c2ccc(CCC(C)(C)O)cc2)C1. The molecule has 0 radical (unpaired) electrons. The molecule has 0 saturated carbocycles. The molecule has 1 aliphatic rings. The van der Waals surface area contributed by atoms with Crippen molar-refractivity contribution in [2.75, 3.05) is 27.2 Å². The summed E-state index contributed by atoms with van der Waals surface area (Å²) < 4.78 is 0. The van der Waals surface area contributed by atoms with E-state index < -0.39 is 5.60 Å². The Morgan fingerprint density at radius 2 is 1.92 bits per heavy atom. The molecule has 134 valence electrons. The fourth-order valence-electron chi connectivity index (χ4n) is 3.12. The van der Waals surface area contributed by atoms with Gasteiger partial charge in [0, 0.05) is 18.2 Å². The average Bonchev–Trinajstić information content (AvgIpc) is 2.96. The third-order valence-corrected chi connectivity index (χ3v) is 4.82. The first-order valence-electron chi connectivity index (χ1n) is 8.61. The summed E-state index contributed by atoms with van der Waals surface area (Å²) in [6, 6.07) is 7.77. The Bertz CT molecular complexity index is 549. The fourth-order valence-corrected chi connectivity index (χ4v) is 3.12. The summed E-state index contributed by atoms with van der Waals surface area (Å²) in [4.78, 5) is 16.7. The van der Waals surface area contributed by atoms with Gasteiger partial charge < -0.3 is 20.0 Å². The van der Waals surface area contributed by atoms with Crippen molar-refractivity contribution >= 4 is 5.91 Å². The van der Waals surface area contributed by atoms with Crippen LogP contribution in [0.4, 0.5) is 0 Å². The molecule has 0 bridgehead atoms. The van der Waals surface area contributed by atoms with Gasteiger partial charge in [0.25, 0.3) is 5.91 Å². The van der Waals surface area contributed by atoms with E-state index in [9.17, 15) is 15.0 Å². The van der Waals surface area contributed by atoms with Crippen molar-refractivity contribution in [2.45, 2.75) is 50.8 Å². The minimum atomic E-state index is -0.681. The number of likely N-dealkylation sites (tertiary alicyclic amines) is 1. The molecule has 2 N–H and O–H groups in total. The number of hydrogen-bond donors (Lipinski definition) is 2. The van der Waals surface area contributed by atoms with E-state index in [0.29, 0.717) is 18.5 Å². The number of aliphatic hydroxyl groups excluding tert-OH is 1. The van der Waals surface area contributed by atoms with Crippen LogP contribution in [-0.4, -0.2) is 70.9 Å². The topological polar surface area (TPSA) is 64.0 Å². The molecule has 1 aliphatic heterocycles. The van der Waals surface area contributed by atoms with E-state index in [4.69, 9.17) is 0 Å². The van der Waals surface area contributed by atoms with E-state index in [2.05, 4.69) is 4.90 Å². The monoisotopic (exact) mass is 334 g/mol. The van der Waals surface area contributed by atoms with Crippen LogP contribution in [0.25, 0.3) is 0 Å². The molecule has 0 spiro atoms. The Morgan fingerprint density at radius 1 is 1.29 bits per heavy atom. The molecule has 24 heavy (non-hydrogen) atoms. The van der Waals surface area contributed by atoms with Crippen molar-refractivity contribution in [1.29, 1.82) is 0 Å². The lowest BCUT2D eigenvalue weighted by Crippen LogP contribution is -2.38. The van der Waals surface area contributed by atoms with Crippen LogP contribution in [0.15, 0.2) is 24.3 Å². The molecule has 0 aliphatic carbocycles. The molecule has 1 fully saturated rings. The van der Waals surface area contributed by atoms with Crippen molar-refractivity contribution in [3.05, 3.63) is 35.4 Å². The molecule has 2 rings (SSSR count). The van der Waals surface area contributed by atoms with Gasteiger partial charge in [-0.25, -0.2) is 0 Å². The summed E-state index contributed by atoms with van der Waals surface area (Å²) in [7, 11) is 4.01. The maximum atomic E-state index is 12.8. The summed E-state index contributed by atoms with van der Waals surface area (Å²) in [5.41, 5.74) is 1.08. The normalized spacial score (nSPS) is 21.5. The van der Waals surface area contributed by atoms with E-state index in [1.807, 2.05) is 38.4 Å². The highest BCUT2D eigenvalue weighted by Crippen LogP contribution is 2.23. The van der Waals surface area contributed by atoms with Gasteiger partial charge in [0.15, 0.2) is 0 Å². The number of aliphatic hydroxyl groups is 2. The summed E-state index contributed by atoms with van der Waals surface area (Å²) >= 11 is 0. The zero-order valence-corrected chi connectivity index (χ0v) is 15.2. The molecule has 1 amide bonds. The van der Waals surface area contributed by atoms with Crippen LogP contribution in [-0.2, 0) is 6.42 Å². The average molecular weight is 334 g/mol. The van der Waals surface area contributed by atoms with Crippen molar-refractivity contribution in [3.8, 4) is 0 Å². The number of hydrogen-bond acceptors (Lipinski definition) is 4. The largest absolute Gasteiger partial charge is 0.394 e. The molecule has 5 nitrogen and oxygen atoms in total. The van der Waals surface area contributed by atoms with Gasteiger partial charge in [-0.15, -0.1) is 0 Å². The molecule has 5 heteroatoms. The maximum Gasteiger partial charge on any atom is 0.254 e. The van der Waals surface area contributed by atoms with Gasteiger partial charge in [-0.3, -0.25) is 4.79 Å². The minimum Gasteiger partial charge on any atom is -0.394 e. The highest BCUT2D eigenvalue weighted by atomic mass is 16.3. The van der Waals surface area contributed by atoms with Crippen LogP contribution in [0.3, 0.4) is 0 Å². The number of benzene rings is 1. The van der Waals surface area contributed by atoms with Crippen molar-refractivity contribution in [3.63, 3.8) is 0 Å². The third kappa shape index (κ3) is 4.79. The zero-order chi connectivity index (χ0) is 17.9. The highest BCUT2D eigenvalue weighted by molar-refractivity contribution is 5.94. The van der Waals surface area contributed by atoms with E-state index in [0.717, 1.165) is 18.4 Å². The molecule has 1 heterocycles. The lowest BCUT2D eigenvalue weighted by molar-refractivity contribution is 0.0671. The number of nitrogens with zero attached hydrogens (tertiary/aromatic N) is 2. The van der Waals surface area contributed by atoms with Gasteiger partial charge in [-0.2, -0.15) is 0 Å². The van der Waals surface area contributed by atoms with Gasteiger partial charge in [0.05, 0.1) is 18.2 Å². The number of carbonyl (C=O) groups excluding carboxylic acids is 1. The van der Waals surface area contributed by atoms with Crippen LogP contribution < -0.4 is 0 Å². The smallest absolute Gasteiger partial charge is 0.254 e. The second-order valence-electron chi connectivity index (χ2n) is 7.66. The second kappa shape index (κ2) is 7.64. The third-order valence-electron chi connectivity index (χ3n) is 4.82. The second-order valence-corrected chi connectivity index (χ2v) is 7.66. The number of carbonyl (C=O) groups is 1. The molecule has 1 aromatic rings. The predicted molar refractivity (Wildman–Crippen MR) is 95.1 cm³/mol. The van der Waals surface area contributed by atoms with Gasteiger partial charge in [-0.1, -0.05) is 12.1 Å². The van der Waals surface area contributed by atoms with Gasteiger partial charge in [0.2, 0.25) is 0 Å². The van der Waals surface area contributed by atoms with Gasteiger partial charge in [-0.05, 0) is 64.9 Å². The first kappa shape index (κ1) is 18.9. The van der Waals surface area contributed by atoms with Crippen LogP contribution >= 0.6 is 0 Å². The van der Waals surface area contributed by atoms with Crippen molar-refractivity contribution in [2.24, 2.45) is 0 Å². The summed E-state index contributed by atoms with van der Waals surface area (Å²) in [6.07, 6.45) is 2.27. The predicted octanol–water partition coefficient (Wildman–Crippen LogP) is 1.53. The Kier molecular flexibility index (Phi) is 6.01. The Morgan fingerprint density at radius 3 is 2.42 bits per heavy atom. The van der Waals surface area contributed by atoms with E-state index in [-0.39, 0.29) is 24.6 Å². The first-order chi connectivity index (χ1) is 11.2. The number of amides is 1. The molecule has 1 aromatic carbocycles. The van der Waals surface area contributed by atoms with Crippen LogP contribution in [0, 0.1) is 0 Å². The maximum absolute atomic E-state index is 12.8. The van der Waals surface area contributed by atoms with Gasteiger partial charge >= 0.3 is 0 Å². The van der Waals surface area contributed by atoms with E-state index in [1.165, 1.54) is 0 Å². The van der Waals surface area contributed by atoms with Crippen LogP contribution in [0.5, 0.6) is 0 Å². The molecular weight excluding hydrogens is 304 g/mol. The summed E-state index contributed by atoms with van der Waals surface area (Å²) in [5, 5.41) is 19.4. The van der Waals surface area contributed by atoms with Crippen molar-refractivity contribution < 1.29 is 15.0 Å². The number of aryl methyl sites for hydroxylation is 1. The zero-order valence-electron chi connectivity index (χ0n) is 15.2. The van der Waals surface area contributed by atoms with Crippen LogP contribution in [0.2, 0.25) is 0 Å². The molecule has 0 unspecified atom stereocenters. The quantitative estimate of drug-likeness (QED) is 0.828. The highest BCUT2D eigenvalue weighted by Gasteiger charge is 2.36. The Hall–Kier alpha value is -1.43. The molecule has 1 saturated heterocycles. The Labute approximate surface area is 144 Å². The Balaban J connectivity index is 2.04. The standard InChI is InChI=1S/C19H30N2O3/c1-19(2,24)10-9-14-5-7-15(8-6-14)18(23)21-12-16(20(3)4)11-17(21)13-22/h5-8,16-17,22,24H,9-13H2,1-4H3/t16-,17+/m1/s1. The molecule has 2 atom stereocenters. The van der Waals surface area contributed by atoms with E-state index in [1.54, 1.807) is 18.7 Å². The molecule has 0 aromatic heterocycles. The summed E-state index contributed by atoms with van der Waals surface area (Å²) in [5.74, 6) is -0.0209. The van der Waals surface area contributed by atoms with Crippen molar-refractivity contribution in [1.82, 2.24) is 9.80 Å². The van der Waals surface area contributed by atoms with Gasteiger partial charge in [0.1, 0.15) is 0 Å². The number of rotatable bonds is 6. The lowest BCUT2D eigenvalue weighted by Gasteiger charge is -2.23. The molecular formula is C19H30N2O3. The summed E-state index contributed by atoms with van der Waals surface area (Å²) in [6.45, 7) is 4.25. The van der Waals surface area contributed by atoms with E-state index >= 15 is 0 Å². The fraction of sp³-hybridized carbons (Fsp3) is 0.632. The minimum absolute atomic E-state index is 0.000252. The first-order valence-corrected chi connectivity index (χ1v) is 8.61. The number of likely N-dealkylation sites (N-methyl/N-ethyl adjacent to an activating group) is 1.